The quantitative estimate of drug-likeness (QED) is 0.782. The molecular weight excluding hydrogens is 361 g/mol. The molecule has 0 fully saturated rings. The zero-order valence-electron chi connectivity index (χ0n) is 12.5. The number of ether oxygens (including phenoxy) is 1. The van der Waals surface area contributed by atoms with Gasteiger partial charge in [-0.3, -0.25) is 4.79 Å². The maximum absolute atomic E-state index is 13.3. The molecule has 0 unspecified atom stereocenters. The molecule has 0 radical (unpaired) electrons. The Kier molecular flexibility index (Phi) is 6.26. The van der Waals surface area contributed by atoms with Gasteiger partial charge in [0.15, 0.2) is 0 Å². The van der Waals surface area contributed by atoms with Crippen molar-refractivity contribution in [1.29, 1.82) is 0 Å². The van der Waals surface area contributed by atoms with Crippen LogP contribution in [0.5, 0.6) is 0 Å². The van der Waals surface area contributed by atoms with Crippen LogP contribution in [0, 0.1) is 5.82 Å². The van der Waals surface area contributed by atoms with E-state index in [1.54, 1.807) is 11.8 Å². The number of halogens is 2. The Morgan fingerprint density at radius 2 is 2.22 bits per heavy atom. The van der Waals surface area contributed by atoms with Gasteiger partial charge in [0.1, 0.15) is 16.7 Å². The minimum Gasteiger partial charge on any atom is -0.467 e. The highest BCUT2D eigenvalue weighted by Gasteiger charge is 2.24. The Balaban J connectivity index is 2.25. The third kappa shape index (κ3) is 4.16. The van der Waals surface area contributed by atoms with Crippen LogP contribution in [0.2, 0.25) is 5.02 Å². The Labute approximate surface area is 146 Å². The third-order valence-electron chi connectivity index (χ3n) is 3.20. The van der Waals surface area contributed by atoms with Crippen LogP contribution in [0.3, 0.4) is 0 Å². The Morgan fingerprint density at radius 1 is 1.48 bits per heavy atom. The first-order valence-corrected chi connectivity index (χ1v) is 9.32. The van der Waals surface area contributed by atoms with Crippen molar-refractivity contribution < 1.29 is 18.7 Å². The van der Waals surface area contributed by atoms with Gasteiger partial charge in [-0.15, -0.1) is 11.3 Å². The number of fused-ring (bicyclic) bond motifs is 1. The van der Waals surface area contributed by atoms with E-state index in [0.29, 0.717) is 22.3 Å². The molecule has 0 aliphatic heterocycles. The van der Waals surface area contributed by atoms with Crippen molar-refractivity contribution in [3.63, 3.8) is 0 Å². The average molecular weight is 376 g/mol. The fourth-order valence-corrected chi connectivity index (χ4v) is 3.95. The summed E-state index contributed by atoms with van der Waals surface area (Å²) in [4.78, 5) is 24.4. The highest BCUT2D eigenvalue weighted by Crippen LogP contribution is 2.35. The topological polar surface area (TPSA) is 55.4 Å². The molecule has 124 valence electrons. The second kappa shape index (κ2) is 7.99. The summed E-state index contributed by atoms with van der Waals surface area (Å²) in [6.45, 7) is 0. The zero-order chi connectivity index (χ0) is 17.0. The van der Waals surface area contributed by atoms with Crippen LogP contribution in [0.25, 0.3) is 10.1 Å². The molecule has 0 spiro atoms. The summed E-state index contributed by atoms with van der Waals surface area (Å²) in [6, 6.07) is 3.41. The predicted molar refractivity (Wildman–Crippen MR) is 93.1 cm³/mol. The van der Waals surface area contributed by atoms with E-state index in [-0.39, 0.29) is 9.90 Å². The smallest absolute Gasteiger partial charge is 0.328 e. The number of carbonyl (C=O) groups excluding carboxylic acids is 2. The molecule has 23 heavy (non-hydrogen) atoms. The number of esters is 1. The molecule has 1 amide bonds. The second-order valence-corrected chi connectivity index (χ2v) is 7.13. The first-order chi connectivity index (χ1) is 11.0. The molecule has 1 atom stereocenters. The highest BCUT2D eigenvalue weighted by atomic mass is 35.5. The van der Waals surface area contributed by atoms with Crippen molar-refractivity contribution in [2.75, 3.05) is 19.1 Å². The molecule has 0 saturated carbocycles. The van der Waals surface area contributed by atoms with E-state index in [0.717, 1.165) is 11.3 Å². The Morgan fingerprint density at radius 3 is 2.87 bits per heavy atom. The minimum atomic E-state index is -0.738. The summed E-state index contributed by atoms with van der Waals surface area (Å²) in [5.74, 6) is -0.663. The molecular formula is C15H15ClFNO3S2. The summed E-state index contributed by atoms with van der Waals surface area (Å²) in [5.41, 5.74) is 0. The van der Waals surface area contributed by atoms with Crippen LogP contribution in [0.1, 0.15) is 16.1 Å². The number of hydrogen-bond donors (Lipinski definition) is 1. The van der Waals surface area contributed by atoms with Crippen molar-refractivity contribution in [2.45, 2.75) is 12.5 Å². The maximum Gasteiger partial charge on any atom is 0.328 e. The lowest BCUT2D eigenvalue weighted by Crippen LogP contribution is -2.41. The van der Waals surface area contributed by atoms with Crippen LogP contribution in [0.15, 0.2) is 18.2 Å². The van der Waals surface area contributed by atoms with Crippen LogP contribution in [0.4, 0.5) is 4.39 Å². The number of thiophene rings is 1. The van der Waals surface area contributed by atoms with Gasteiger partial charge in [0.25, 0.3) is 5.91 Å². The summed E-state index contributed by atoms with van der Waals surface area (Å²) in [6.07, 6.45) is 2.37. The second-order valence-electron chi connectivity index (χ2n) is 4.72. The molecule has 1 aromatic heterocycles. The largest absolute Gasteiger partial charge is 0.467 e. The van der Waals surface area contributed by atoms with Crippen molar-refractivity contribution in [3.8, 4) is 0 Å². The first-order valence-electron chi connectivity index (χ1n) is 6.73. The van der Waals surface area contributed by atoms with Crippen molar-refractivity contribution >= 4 is 56.7 Å². The molecule has 1 aromatic carbocycles. The molecule has 0 bridgehead atoms. The third-order valence-corrected chi connectivity index (χ3v) is 5.50. The van der Waals surface area contributed by atoms with Gasteiger partial charge in [0, 0.05) is 10.1 Å². The van der Waals surface area contributed by atoms with Crippen LogP contribution in [-0.2, 0) is 9.53 Å². The highest BCUT2D eigenvalue weighted by molar-refractivity contribution is 7.98. The van der Waals surface area contributed by atoms with Crippen molar-refractivity contribution in [1.82, 2.24) is 5.32 Å². The summed E-state index contributed by atoms with van der Waals surface area (Å²) in [7, 11) is 1.27. The average Bonchev–Trinajstić information content (AvgIpc) is 2.86. The fourth-order valence-electron chi connectivity index (χ4n) is 2.04. The lowest BCUT2D eigenvalue weighted by atomic mass is 10.2. The standard InChI is InChI=1S/C15H15ClFNO3S2/c1-21-15(20)10(5-6-22-2)18-14(19)13-12(16)9-4-3-8(17)7-11(9)23-13/h3-4,7,10H,5-6H2,1-2H3,(H,18,19)/t10-/m1/s1. The fraction of sp³-hybridized carbons (Fsp3) is 0.333. The number of rotatable bonds is 6. The normalized spacial score (nSPS) is 12.2. The molecule has 1 N–H and O–H groups in total. The predicted octanol–water partition coefficient (Wildman–Crippen LogP) is 3.72. The van der Waals surface area contributed by atoms with E-state index in [2.05, 4.69) is 5.32 Å². The molecule has 0 aliphatic rings. The summed E-state index contributed by atoms with van der Waals surface area (Å²) in [5, 5.41) is 3.51. The van der Waals surface area contributed by atoms with Gasteiger partial charge in [-0.1, -0.05) is 11.6 Å². The molecule has 8 heteroatoms. The van der Waals surface area contributed by atoms with Gasteiger partial charge < -0.3 is 10.1 Å². The lowest BCUT2D eigenvalue weighted by Gasteiger charge is -2.15. The van der Waals surface area contributed by atoms with Crippen LogP contribution in [-0.4, -0.2) is 37.0 Å². The number of methoxy groups -OCH3 is 1. The number of hydrogen-bond acceptors (Lipinski definition) is 5. The van der Waals surface area contributed by atoms with Crippen molar-refractivity contribution in [2.24, 2.45) is 0 Å². The molecule has 2 aromatic rings. The molecule has 4 nitrogen and oxygen atoms in total. The summed E-state index contributed by atoms with van der Waals surface area (Å²) >= 11 is 8.87. The van der Waals surface area contributed by atoms with E-state index in [9.17, 15) is 14.0 Å². The number of thioether (sulfide) groups is 1. The van der Waals surface area contributed by atoms with Crippen molar-refractivity contribution in [3.05, 3.63) is 33.9 Å². The van der Waals surface area contributed by atoms with Gasteiger partial charge >= 0.3 is 5.97 Å². The number of benzene rings is 1. The molecule has 0 aliphatic carbocycles. The van der Waals surface area contributed by atoms with E-state index in [1.807, 2.05) is 6.26 Å². The number of nitrogens with one attached hydrogen (secondary N) is 1. The van der Waals surface area contributed by atoms with E-state index in [4.69, 9.17) is 16.3 Å². The maximum atomic E-state index is 13.3. The van der Waals surface area contributed by atoms with E-state index >= 15 is 0 Å². The molecule has 2 rings (SSSR count). The Bertz CT molecular complexity index is 735. The summed E-state index contributed by atoms with van der Waals surface area (Å²) < 4.78 is 18.6. The number of amides is 1. The zero-order valence-corrected chi connectivity index (χ0v) is 14.9. The van der Waals surface area contributed by atoms with Gasteiger partial charge in [0.05, 0.1) is 12.1 Å². The van der Waals surface area contributed by atoms with Gasteiger partial charge in [-0.2, -0.15) is 11.8 Å². The monoisotopic (exact) mass is 375 g/mol. The van der Waals surface area contributed by atoms with E-state index in [1.165, 1.54) is 25.3 Å². The van der Waals surface area contributed by atoms with Gasteiger partial charge in [-0.05, 0) is 36.6 Å². The lowest BCUT2D eigenvalue weighted by molar-refractivity contribution is -0.142. The SMILES string of the molecule is COC(=O)[C@@H](CCSC)NC(=O)c1sc2cc(F)ccc2c1Cl. The Hall–Kier alpha value is -1.31. The van der Waals surface area contributed by atoms with Crippen LogP contribution >= 0.6 is 34.7 Å². The first kappa shape index (κ1) is 18.0. The van der Waals surface area contributed by atoms with Crippen LogP contribution < -0.4 is 5.32 Å². The molecule has 0 saturated heterocycles. The minimum absolute atomic E-state index is 0.255. The van der Waals surface area contributed by atoms with Gasteiger partial charge in [0.2, 0.25) is 0 Å². The van der Waals surface area contributed by atoms with Gasteiger partial charge in [-0.25, -0.2) is 9.18 Å². The molecule has 1 heterocycles. The van der Waals surface area contributed by atoms with E-state index < -0.39 is 23.7 Å². The number of carbonyl (C=O) groups is 2.